The molecule has 1 unspecified atom stereocenters. The molecule has 0 bridgehead atoms. The summed E-state index contributed by atoms with van der Waals surface area (Å²) in [5.74, 6) is -2.36. The average molecular weight is 308 g/mol. The normalized spacial score (nSPS) is 13.4. The molecule has 1 aromatic carbocycles. The number of sulfonamides is 1. The third kappa shape index (κ3) is 3.87. The first-order valence-electron chi connectivity index (χ1n) is 6.17. The topological polar surface area (TPSA) is 92.4 Å². The van der Waals surface area contributed by atoms with Crippen LogP contribution in [0, 0.1) is 17.6 Å². The number of halogens is 2. The van der Waals surface area contributed by atoms with Crippen LogP contribution in [-0.4, -0.2) is 26.7 Å². The second-order valence-corrected chi connectivity index (χ2v) is 6.15. The fourth-order valence-corrected chi connectivity index (χ4v) is 2.90. The molecule has 20 heavy (non-hydrogen) atoms. The number of hydrogen-bond donors (Lipinski definition) is 3. The van der Waals surface area contributed by atoms with Crippen molar-refractivity contribution in [3.8, 4) is 0 Å². The van der Waals surface area contributed by atoms with Gasteiger partial charge in [-0.25, -0.2) is 21.9 Å². The Kier molecular flexibility index (Phi) is 5.85. The number of aliphatic hydroxyl groups excluding tert-OH is 1. The van der Waals surface area contributed by atoms with Crippen molar-refractivity contribution in [1.82, 2.24) is 4.72 Å². The summed E-state index contributed by atoms with van der Waals surface area (Å²) in [5, 5.41) is 8.83. The summed E-state index contributed by atoms with van der Waals surface area (Å²) in [4.78, 5) is -0.685. The van der Waals surface area contributed by atoms with Gasteiger partial charge in [-0.1, -0.05) is 13.3 Å². The van der Waals surface area contributed by atoms with Crippen molar-refractivity contribution in [2.24, 2.45) is 5.92 Å². The number of rotatable bonds is 7. The van der Waals surface area contributed by atoms with E-state index in [0.29, 0.717) is 12.8 Å². The van der Waals surface area contributed by atoms with Crippen molar-refractivity contribution in [3.05, 3.63) is 23.8 Å². The molecule has 1 atom stereocenters. The lowest BCUT2D eigenvalue weighted by molar-refractivity contribution is 0.254. The minimum atomic E-state index is -4.11. The summed E-state index contributed by atoms with van der Waals surface area (Å²) in [5.41, 5.74) is 4.31. The molecule has 5 nitrogen and oxygen atoms in total. The summed E-state index contributed by atoms with van der Waals surface area (Å²) in [6, 6.07) is 1.63. The van der Waals surface area contributed by atoms with Crippen molar-refractivity contribution in [3.63, 3.8) is 0 Å². The first-order chi connectivity index (χ1) is 9.33. The third-order valence-corrected chi connectivity index (χ3v) is 4.50. The SMILES string of the molecule is CCC(CCO)CNS(=O)(=O)c1ccc(F)c(N)c1F. The van der Waals surface area contributed by atoms with E-state index in [1.54, 1.807) is 0 Å². The molecule has 0 aromatic heterocycles. The van der Waals surface area contributed by atoms with Crippen molar-refractivity contribution < 1.29 is 22.3 Å². The highest BCUT2D eigenvalue weighted by molar-refractivity contribution is 7.89. The van der Waals surface area contributed by atoms with E-state index in [-0.39, 0.29) is 19.1 Å². The van der Waals surface area contributed by atoms with Crippen molar-refractivity contribution in [1.29, 1.82) is 0 Å². The Labute approximate surface area is 116 Å². The van der Waals surface area contributed by atoms with Crippen LogP contribution < -0.4 is 10.5 Å². The van der Waals surface area contributed by atoms with Crippen LogP contribution in [0.2, 0.25) is 0 Å². The maximum absolute atomic E-state index is 13.7. The van der Waals surface area contributed by atoms with Gasteiger partial charge in [0.25, 0.3) is 0 Å². The number of nitrogens with two attached hydrogens (primary N) is 1. The maximum Gasteiger partial charge on any atom is 0.243 e. The summed E-state index contributed by atoms with van der Waals surface area (Å²) in [6.07, 6.45) is 1.10. The summed E-state index contributed by atoms with van der Waals surface area (Å²) in [6.45, 7) is 1.86. The number of aliphatic hydroxyl groups is 1. The minimum absolute atomic E-state index is 0.0574. The van der Waals surface area contributed by atoms with Gasteiger partial charge >= 0.3 is 0 Å². The van der Waals surface area contributed by atoms with E-state index in [1.807, 2.05) is 6.92 Å². The molecule has 0 aliphatic heterocycles. The Bertz CT molecular complexity index is 564. The van der Waals surface area contributed by atoms with Gasteiger partial charge in [-0.3, -0.25) is 0 Å². The van der Waals surface area contributed by atoms with Crippen LogP contribution in [0.4, 0.5) is 14.5 Å². The quantitative estimate of drug-likeness (QED) is 0.661. The van der Waals surface area contributed by atoms with Gasteiger partial charge in [-0.05, 0) is 24.5 Å². The zero-order valence-electron chi connectivity index (χ0n) is 11.1. The zero-order chi connectivity index (χ0) is 15.3. The summed E-state index contributed by atoms with van der Waals surface area (Å²) >= 11 is 0. The second-order valence-electron chi connectivity index (χ2n) is 4.41. The third-order valence-electron chi connectivity index (χ3n) is 3.06. The Morgan fingerprint density at radius 2 is 2.05 bits per heavy atom. The molecule has 0 aliphatic carbocycles. The van der Waals surface area contributed by atoms with E-state index in [1.165, 1.54) is 0 Å². The molecule has 0 radical (unpaired) electrons. The molecule has 0 amide bonds. The van der Waals surface area contributed by atoms with Crippen molar-refractivity contribution in [2.45, 2.75) is 24.7 Å². The van der Waals surface area contributed by atoms with Gasteiger partial charge in [-0.15, -0.1) is 0 Å². The maximum atomic E-state index is 13.7. The predicted octanol–water partition coefficient (Wildman–Crippen LogP) is 1.23. The van der Waals surface area contributed by atoms with Crippen molar-refractivity contribution >= 4 is 15.7 Å². The lowest BCUT2D eigenvalue weighted by Crippen LogP contribution is -2.30. The molecule has 114 valence electrons. The average Bonchev–Trinajstić information content (AvgIpc) is 2.40. The molecule has 0 saturated carbocycles. The molecule has 4 N–H and O–H groups in total. The van der Waals surface area contributed by atoms with Crippen LogP contribution in [0.25, 0.3) is 0 Å². The monoisotopic (exact) mass is 308 g/mol. The largest absolute Gasteiger partial charge is 0.396 e. The standard InChI is InChI=1S/C12H18F2N2O3S/c1-2-8(5-6-17)7-16-20(18,19)10-4-3-9(13)12(15)11(10)14/h3-4,8,16-17H,2,5-7,15H2,1H3. The zero-order valence-corrected chi connectivity index (χ0v) is 11.9. The van der Waals surface area contributed by atoms with E-state index < -0.39 is 32.2 Å². The Morgan fingerprint density at radius 1 is 1.40 bits per heavy atom. The van der Waals surface area contributed by atoms with E-state index in [2.05, 4.69) is 4.72 Å². The molecule has 0 saturated heterocycles. The molecular formula is C12H18F2N2O3S. The molecule has 1 aromatic rings. The lowest BCUT2D eigenvalue weighted by Gasteiger charge is -2.15. The Hall–Kier alpha value is -1.25. The van der Waals surface area contributed by atoms with E-state index in [4.69, 9.17) is 10.8 Å². The molecule has 1 rings (SSSR count). The van der Waals surface area contributed by atoms with Gasteiger partial charge in [0.05, 0.1) is 0 Å². The van der Waals surface area contributed by atoms with Crippen LogP contribution in [0.1, 0.15) is 19.8 Å². The molecule has 0 aliphatic rings. The molecule has 0 heterocycles. The highest BCUT2D eigenvalue weighted by atomic mass is 32.2. The van der Waals surface area contributed by atoms with Crippen LogP contribution in [-0.2, 0) is 10.0 Å². The first kappa shape index (κ1) is 16.8. The number of nitrogens with one attached hydrogen (secondary N) is 1. The van der Waals surface area contributed by atoms with E-state index >= 15 is 0 Å². The van der Waals surface area contributed by atoms with E-state index in [0.717, 1.165) is 12.1 Å². The van der Waals surface area contributed by atoms with E-state index in [9.17, 15) is 17.2 Å². The first-order valence-corrected chi connectivity index (χ1v) is 7.65. The molecule has 0 spiro atoms. The highest BCUT2D eigenvalue weighted by Gasteiger charge is 2.23. The van der Waals surface area contributed by atoms with Crippen LogP contribution in [0.15, 0.2) is 17.0 Å². The fraction of sp³-hybridized carbons (Fsp3) is 0.500. The Morgan fingerprint density at radius 3 is 2.60 bits per heavy atom. The number of benzene rings is 1. The van der Waals surface area contributed by atoms with Gasteiger partial charge in [-0.2, -0.15) is 0 Å². The highest BCUT2D eigenvalue weighted by Crippen LogP contribution is 2.22. The fourth-order valence-electron chi connectivity index (χ4n) is 1.70. The molecular weight excluding hydrogens is 290 g/mol. The lowest BCUT2D eigenvalue weighted by atomic mass is 10.0. The second kappa shape index (κ2) is 6.96. The molecule has 0 fully saturated rings. The van der Waals surface area contributed by atoms with Crippen molar-refractivity contribution in [2.75, 3.05) is 18.9 Å². The smallest absolute Gasteiger partial charge is 0.243 e. The minimum Gasteiger partial charge on any atom is -0.396 e. The van der Waals surface area contributed by atoms with Crippen LogP contribution in [0.3, 0.4) is 0 Å². The van der Waals surface area contributed by atoms with Crippen LogP contribution in [0.5, 0.6) is 0 Å². The summed E-state index contributed by atoms with van der Waals surface area (Å²) in [7, 11) is -4.11. The van der Waals surface area contributed by atoms with Gasteiger partial charge in [0.2, 0.25) is 10.0 Å². The van der Waals surface area contributed by atoms with Gasteiger partial charge < -0.3 is 10.8 Å². The Balaban J connectivity index is 2.92. The molecule has 8 heteroatoms. The summed E-state index contributed by atoms with van der Waals surface area (Å²) < 4.78 is 52.8. The predicted molar refractivity (Wildman–Crippen MR) is 71.4 cm³/mol. The van der Waals surface area contributed by atoms with Gasteiger partial charge in [0, 0.05) is 13.2 Å². The van der Waals surface area contributed by atoms with Gasteiger partial charge in [0.1, 0.15) is 16.4 Å². The number of hydrogen-bond acceptors (Lipinski definition) is 4. The number of nitrogen functional groups attached to an aromatic ring is 1. The van der Waals surface area contributed by atoms with Gasteiger partial charge in [0.15, 0.2) is 5.82 Å². The number of anilines is 1. The van der Waals surface area contributed by atoms with Crippen LogP contribution >= 0.6 is 0 Å².